The monoisotopic (exact) mass is 504 g/mol. The van der Waals surface area contributed by atoms with E-state index in [-0.39, 0.29) is 41.7 Å². The van der Waals surface area contributed by atoms with E-state index in [0.29, 0.717) is 0 Å². The lowest BCUT2D eigenvalue weighted by molar-refractivity contribution is -0.0946. The third-order valence-corrected chi connectivity index (χ3v) is 5.05. The van der Waals surface area contributed by atoms with Gasteiger partial charge in [-0.25, -0.2) is 0 Å². The molecule has 6 nitrogen and oxygen atoms in total. The lowest BCUT2D eigenvalue weighted by Crippen LogP contribution is -2.59. The van der Waals surface area contributed by atoms with E-state index in [4.69, 9.17) is 9.47 Å². The molecule has 1 aliphatic rings. The van der Waals surface area contributed by atoms with E-state index < -0.39 is 0 Å². The van der Waals surface area contributed by atoms with Gasteiger partial charge in [0.2, 0.25) is 0 Å². The van der Waals surface area contributed by atoms with E-state index in [1.54, 1.807) is 7.11 Å². The van der Waals surface area contributed by atoms with Crippen molar-refractivity contribution in [1.82, 2.24) is 15.5 Å². The van der Waals surface area contributed by atoms with Gasteiger partial charge in [-0.3, -0.25) is 9.89 Å². The quantitative estimate of drug-likeness (QED) is 0.340. The Morgan fingerprint density at radius 1 is 1.18 bits per heavy atom. The Hall–Kier alpha value is -1.06. The van der Waals surface area contributed by atoms with E-state index in [2.05, 4.69) is 60.4 Å². The first-order valence-corrected chi connectivity index (χ1v) is 9.82. The van der Waals surface area contributed by atoms with E-state index in [9.17, 15) is 0 Å². The van der Waals surface area contributed by atoms with Gasteiger partial charge in [0.1, 0.15) is 5.75 Å². The zero-order chi connectivity index (χ0) is 19.9. The van der Waals surface area contributed by atoms with Crippen LogP contribution < -0.4 is 15.4 Å². The van der Waals surface area contributed by atoms with Gasteiger partial charge in [0, 0.05) is 38.8 Å². The highest BCUT2D eigenvalue weighted by molar-refractivity contribution is 14.0. The summed E-state index contributed by atoms with van der Waals surface area (Å²) in [6.07, 6.45) is 1.48. The van der Waals surface area contributed by atoms with Gasteiger partial charge in [0.25, 0.3) is 0 Å². The van der Waals surface area contributed by atoms with Crippen LogP contribution in [0.4, 0.5) is 0 Å². The molecule has 2 unspecified atom stereocenters. The molecule has 0 amide bonds. The molecular weight excluding hydrogens is 467 g/mol. The van der Waals surface area contributed by atoms with Crippen LogP contribution in [-0.4, -0.2) is 68.9 Å². The fourth-order valence-electron chi connectivity index (χ4n) is 3.42. The standard InChI is InChI=1S/C21H36N4O2.HI/c1-16-13-25(14-17(2)27-16)21(3,4)15-24-20(22-5)23-12-11-18-7-9-19(26-6)10-8-18;/h7-10,16-17H,11-15H2,1-6H3,(H2,22,23,24);1H. The maximum absolute atomic E-state index is 5.86. The minimum Gasteiger partial charge on any atom is -0.497 e. The molecule has 0 radical (unpaired) electrons. The average molecular weight is 504 g/mol. The van der Waals surface area contributed by atoms with Crippen molar-refractivity contribution in [3.63, 3.8) is 0 Å². The van der Waals surface area contributed by atoms with Crippen LogP contribution in [0.15, 0.2) is 29.3 Å². The molecule has 2 rings (SSSR count). The molecule has 28 heavy (non-hydrogen) atoms. The summed E-state index contributed by atoms with van der Waals surface area (Å²) in [7, 11) is 3.50. The van der Waals surface area contributed by atoms with Crippen LogP contribution in [0, 0.1) is 0 Å². The number of hydrogen-bond donors (Lipinski definition) is 2. The number of nitrogens with zero attached hydrogens (tertiary/aromatic N) is 2. The molecular formula is C21H37IN4O2. The van der Waals surface area contributed by atoms with Crippen molar-refractivity contribution >= 4 is 29.9 Å². The van der Waals surface area contributed by atoms with Gasteiger partial charge in [0.05, 0.1) is 19.3 Å². The van der Waals surface area contributed by atoms with Gasteiger partial charge in [0.15, 0.2) is 5.96 Å². The third-order valence-electron chi connectivity index (χ3n) is 5.05. The summed E-state index contributed by atoms with van der Waals surface area (Å²) in [6.45, 7) is 12.4. The predicted octanol–water partition coefficient (Wildman–Crippen LogP) is 2.91. The molecule has 1 aliphatic heterocycles. The lowest BCUT2D eigenvalue weighted by Gasteiger charge is -2.45. The maximum atomic E-state index is 5.86. The van der Waals surface area contributed by atoms with Crippen molar-refractivity contribution in [3.05, 3.63) is 29.8 Å². The summed E-state index contributed by atoms with van der Waals surface area (Å²) in [5.74, 6) is 1.73. The predicted molar refractivity (Wildman–Crippen MR) is 127 cm³/mol. The molecule has 1 aromatic carbocycles. The van der Waals surface area contributed by atoms with E-state index in [1.807, 2.05) is 19.2 Å². The van der Waals surface area contributed by atoms with Crippen LogP contribution in [0.5, 0.6) is 5.75 Å². The van der Waals surface area contributed by atoms with Crippen LogP contribution in [0.1, 0.15) is 33.3 Å². The molecule has 2 N–H and O–H groups in total. The number of rotatable bonds is 7. The Morgan fingerprint density at radius 3 is 2.32 bits per heavy atom. The second-order valence-electron chi connectivity index (χ2n) is 7.93. The van der Waals surface area contributed by atoms with E-state index in [0.717, 1.165) is 44.3 Å². The maximum Gasteiger partial charge on any atom is 0.191 e. The fourth-order valence-corrected chi connectivity index (χ4v) is 3.42. The summed E-state index contributed by atoms with van der Waals surface area (Å²) in [6, 6.07) is 8.19. The second-order valence-corrected chi connectivity index (χ2v) is 7.93. The van der Waals surface area contributed by atoms with Crippen molar-refractivity contribution in [2.75, 3.05) is 40.3 Å². The van der Waals surface area contributed by atoms with E-state index in [1.165, 1.54) is 5.56 Å². The normalized spacial score (nSPS) is 21.0. The number of guanidine groups is 1. The zero-order valence-corrected chi connectivity index (χ0v) is 20.4. The first-order valence-electron chi connectivity index (χ1n) is 9.82. The highest BCUT2D eigenvalue weighted by Crippen LogP contribution is 2.20. The summed E-state index contributed by atoms with van der Waals surface area (Å²) in [4.78, 5) is 6.86. The molecule has 1 aromatic rings. The number of benzene rings is 1. The topological polar surface area (TPSA) is 58.1 Å². The summed E-state index contributed by atoms with van der Waals surface area (Å²) in [5, 5.41) is 6.88. The van der Waals surface area contributed by atoms with Gasteiger partial charge in [-0.2, -0.15) is 0 Å². The molecule has 1 saturated heterocycles. The molecule has 0 bridgehead atoms. The number of aliphatic imine (C=N–C) groups is 1. The molecule has 1 fully saturated rings. The first kappa shape index (κ1) is 25.0. The van der Waals surface area contributed by atoms with Crippen molar-refractivity contribution in [2.45, 2.75) is 51.9 Å². The Bertz CT molecular complexity index is 597. The van der Waals surface area contributed by atoms with Crippen LogP contribution in [0.25, 0.3) is 0 Å². The lowest BCUT2D eigenvalue weighted by atomic mass is 10.00. The molecule has 2 atom stereocenters. The van der Waals surface area contributed by atoms with Crippen LogP contribution >= 0.6 is 24.0 Å². The van der Waals surface area contributed by atoms with Gasteiger partial charge >= 0.3 is 0 Å². The Balaban J connectivity index is 0.00000392. The molecule has 0 saturated carbocycles. The minimum absolute atomic E-state index is 0. The van der Waals surface area contributed by atoms with Crippen LogP contribution in [0.2, 0.25) is 0 Å². The molecule has 0 aliphatic carbocycles. The minimum atomic E-state index is 0. The molecule has 0 spiro atoms. The molecule has 0 aromatic heterocycles. The highest BCUT2D eigenvalue weighted by atomic mass is 127. The van der Waals surface area contributed by atoms with Gasteiger partial charge in [-0.15, -0.1) is 24.0 Å². The van der Waals surface area contributed by atoms with Crippen LogP contribution in [-0.2, 0) is 11.2 Å². The van der Waals surface area contributed by atoms with Crippen LogP contribution in [0.3, 0.4) is 0 Å². The number of hydrogen-bond acceptors (Lipinski definition) is 4. The summed E-state index contributed by atoms with van der Waals surface area (Å²) in [5.41, 5.74) is 1.30. The number of ether oxygens (including phenoxy) is 2. The number of nitrogens with one attached hydrogen (secondary N) is 2. The summed E-state index contributed by atoms with van der Waals surface area (Å²) >= 11 is 0. The average Bonchev–Trinajstić information content (AvgIpc) is 2.64. The first-order chi connectivity index (χ1) is 12.8. The molecule has 1 heterocycles. The van der Waals surface area contributed by atoms with Gasteiger partial charge < -0.3 is 20.1 Å². The number of halogens is 1. The molecule has 160 valence electrons. The van der Waals surface area contributed by atoms with Gasteiger partial charge in [-0.05, 0) is 51.8 Å². The highest BCUT2D eigenvalue weighted by Gasteiger charge is 2.33. The smallest absolute Gasteiger partial charge is 0.191 e. The Labute approximate surface area is 187 Å². The van der Waals surface area contributed by atoms with Crippen molar-refractivity contribution in [1.29, 1.82) is 0 Å². The van der Waals surface area contributed by atoms with Crippen molar-refractivity contribution < 1.29 is 9.47 Å². The second kappa shape index (κ2) is 11.8. The van der Waals surface area contributed by atoms with Crippen molar-refractivity contribution in [2.24, 2.45) is 4.99 Å². The summed E-state index contributed by atoms with van der Waals surface area (Å²) < 4.78 is 11.1. The Morgan fingerprint density at radius 2 is 1.79 bits per heavy atom. The van der Waals surface area contributed by atoms with Gasteiger partial charge in [-0.1, -0.05) is 12.1 Å². The Kier molecular flexibility index (Phi) is 10.5. The van der Waals surface area contributed by atoms with Crippen molar-refractivity contribution in [3.8, 4) is 5.75 Å². The third kappa shape index (κ3) is 7.75. The largest absolute Gasteiger partial charge is 0.497 e. The van der Waals surface area contributed by atoms with E-state index >= 15 is 0 Å². The molecule has 7 heteroatoms. The number of morpholine rings is 1. The fraction of sp³-hybridized carbons (Fsp3) is 0.667. The SMILES string of the molecule is CN=C(NCCc1ccc(OC)cc1)NCC(C)(C)N1CC(C)OC(C)C1.I. The number of methoxy groups -OCH3 is 1. The zero-order valence-electron chi connectivity index (χ0n) is 18.1.